The molecule has 0 rings (SSSR count). The van der Waals surface area contributed by atoms with Gasteiger partial charge in [-0.3, -0.25) is 0 Å². The van der Waals surface area contributed by atoms with E-state index < -0.39 is 0 Å². The lowest BCUT2D eigenvalue weighted by atomic mass is 10.1. The molecule has 0 aromatic heterocycles. The van der Waals surface area contributed by atoms with Crippen LogP contribution in [0.1, 0.15) is 141 Å². The molecule has 0 aliphatic rings. The number of allylic oxidation sites excluding steroid dienone is 6. The normalized spacial score (nSPS) is 11.9. The Balaban J connectivity index is 3.22. The van der Waals surface area contributed by atoms with Gasteiger partial charge in [0.2, 0.25) is 0 Å². The van der Waals surface area contributed by atoms with Crippen molar-refractivity contribution in [2.24, 2.45) is 0 Å². The van der Waals surface area contributed by atoms with Crippen LogP contribution >= 0.6 is 0 Å². The average molecular weight is 445 g/mol. The summed E-state index contributed by atoms with van der Waals surface area (Å²) >= 11 is 0. The Labute approximate surface area is 200 Å². The zero-order chi connectivity index (χ0) is 23.2. The Hall–Kier alpha value is -1.44. The molecule has 0 unspecified atom stereocenters. The van der Waals surface area contributed by atoms with Gasteiger partial charge in [0.15, 0.2) is 0 Å². The van der Waals surface area contributed by atoms with Gasteiger partial charge in [-0.25, -0.2) is 0 Å². The maximum atomic E-state index is 10.2. The van der Waals surface area contributed by atoms with Crippen LogP contribution in [0.4, 0.5) is 0 Å². The summed E-state index contributed by atoms with van der Waals surface area (Å²) in [5.41, 5.74) is 0. The van der Waals surface area contributed by atoms with E-state index >= 15 is 0 Å². The van der Waals surface area contributed by atoms with Gasteiger partial charge in [-0.1, -0.05) is 101 Å². The summed E-state index contributed by atoms with van der Waals surface area (Å²) in [4.78, 5) is 20.5. The molecule has 2 heteroatoms. The largest absolute Gasteiger partial charge is 0.303 e. The quantitative estimate of drug-likeness (QED) is 0.0576. The first kappa shape index (κ1) is 30.6. The number of hydrogen-bond acceptors (Lipinski definition) is 2. The number of carbonyl (C=O) groups excluding carboxylic acids is 2. The van der Waals surface area contributed by atoms with Crippen molar-refractivity contribution in [1.29, 1.82) is 0 Å². The molecule has 0 aliphatic heterocycles. The molecule has 0 amide bonds. The third-order valence-corrected chi connectivity index (χ3v) is 5.93. The Morgan fingerprint density at radius 1 is 0.281 bits per heavy atom. The topological polar surface area (TPSA) is 34.1 Å². The minimum absolute atomic E-state index is 0.737. The van der Waals surface area contributed by atoms with E-state index in [4.69, 9.17) is 0 Å². The molecule has 0 aromatic carbocycles. The molecule has 0 atom stereocenters. The standard InChI is InChI=1S/C30H52O2/c31-29-27-25-23-21-19-17-15-13-11-9-7-5-3-1-2-4-6-8-10-12-14-16-18-20-22-24-26-28-30-32/h3,5,7,9,12,14,29-30H,1-2,4,6,8,10-11,13,15-28H2. The van der Waals surface area contributed by atoms with Crippen LogP contribution in [-0.4, -0.2) is 12.6 Å². The molecule has 0 fully saturated rings. The summed E-state index contributed by atoms with van der Waals surface area (Å²) in [5.74, 6) is 0. The third kappa shape index (κ3) is 28.6. The maximum Gasteiger partial charge on any atom is 0.119 e. The first-order valence-corrected chi connectivity index (χ1v) is 13.8. The van der Waals surface area contributed by atoms with Crippen molar-refractivity contribution in [2.45, 2.75) is 141 Å². The number of carbonyl (C=O) groups is 2. The van der Waals surface area contributed by atoms with Crippen molar-refractivity contribution < 1.29 is 9.59 Å². The molecule has 2 nitrogen and oxygen atoms in total. The molecule has 0 saturated heterocycles. The van der Waals surface area contributed by atoms with Gasteiger partial charge in [-0.15, -0.1) is 0 Å². The van der Waals surface area contributed by atoms with E-state index in [0.717, 1.165) is 38.3 Å². The van der Waals surface area contributed by atoms with E-state index in [0.29, 0.717) is 0 Å². The predicted molar refractivity (Wildman–Crippen MR) is 141 cm³/mol. The van der Waals surface area contributed by atoms with Crippen molar-refractivity contribution >= 4 is 12.6 Å². The minimum Gasteiger partial charge on any atom is -0.303 e. The number of aldehydes is 2. The van der Waals surface area contributed by atoms with Gasteiger partial charge in [-0.2, -0.15) is 0 Å². The van der Waals surface area contributed by atoms with Crippen LogP contribution in [-0.2, 0) is 9.59 Å². The Morgan fingerprint density at radius 3 is 0.844 bits per heavy atom. The SMILES string of the molecule is O=CCCCCCCCC=CCCCCCCC=CC=CCCCCCCCCCC=O. The molecule has 0 aliphatic carbocycles. The molecule has 0 radical (unpaired) electrons. The monoisotopic (exact) mass is 444 g/mol. The van der Waals surface area contributed by atoms with E-state index in [1.807, 2.05) is 0 Å². The van der Waals surface area contributed by atoms with E-state index in [1.165, 1.54) is 116 Å². The summed E-state index contributed by atoms with van der Waals surface area (Å²) in [6.45, 7) is 0. The molecule has 0 spiro atoms. The summed E-state index contributed by atoms with van der Waals surface area (Å²) in [6, 6.07) is 0. The highest BCUT2D eigenvalue weighted by molar-refractivity contribution is 5.49. The van der Waals surface area contributed by atoms with Crippen molar-refractivity contribution in [3.8, 4) is 0 Å². The van der Waals surface area contributed by atoms with E-state index in [1.54, 1.807) is 0 Å². The van der Waals surface area contributed by atoms with Crippen LogP contribution < -0.4 is 0 Å². The van der Waals surface area contributed by atoms with Crippen LogP contribution in [0.5, 0.6) is 0 Å². The Bertz CT molecular complexity index is 461. The fraction of sp³-hybridized carbons (Fsp3) is 0.733. The second-order valence-electron chi connectivity index (χ2n) is 9.05. The van der Waals surface area contributed by atoms with Crippen molar-refractivity contribution in [1.82, 2.24) is 0 Å². The third-order valence-electron chi connectivity index (χ3n) is 5.93. The van der Waals surface area contributed by atoms with Crippen LogP contribution in [0, 0.1) is 0 Å². The second kappa shape index (κ2) is 29.6. The number of hydrogen-bond donors (Lipinski definition) is 0. The zero-order valence-corrected chi connectivity index (χ0v) is 21.0. The molecule has 0 heterocycles. The molecule has 0 saturated carbocycles. The predicted octanol–water partition coefficient (Wildman–Crippen LogP) is 9.63. The molecule has 184 valence electrons. The molecular weight excluding hydrogens is 392 g/mol. The van der Waals surface area contributed by atoms with E-state index in [-0.39, 0.29) is 0 Å². The number of unbranched alkanes of at least 4 members (excludes halogenated alkanes) is 19. The zero-order valence-electron chi connectivity index (χ0n) is 21.0. The van der Waals surface area contributed by atoms with Crippen molar-refractivity contribution in [3.05, 3.63) is 36.5 Å². The van der Waals surface area contributed by atoms with Gasteiger partial charge in [0.1, 0.15) is 12.6 Å². The lowest BCUT2D eigenvalue weighted by Crippen LogP contribution is -1.81. The Morgan fingerprint density at radius 2 is 0.531 bits per heavy atom. The summed E-state index contributed by atoms with van der Waals surface area (Å²) in [5, 5.41) is 0. The fourth-order valence-electron chi connectivity index (χ4n) is 3.86. The molecule has 0 bridgehead atoms. The summed E-state index contributed by atoms with van der Waals surface area (Å²) < 4.78 is 0. The van der Waals surface area contributed by atoms with Crippen LogP contribution in [0.15, 0.2) is 36.5 Å². The average Bonchev–Trinajstić information content (AvgIpc) is 2.81. The van der Waals surface area contributed by atoms with E-state index in [2.05, 4.69) is 36.5 Å². The van der Waals surface area contributed by atoms with Gasteiger partial charge in [-0.05, 0) is 64.2 Å². The number of rotatable bonds is 26. The van der Waals surface area contributed by atoms with Crippen molar-refractivity contribution in [2.75, 3.05) is 0 Å². The van der Waals surface area contributed by atoms with Gasteiger partial charge < -0.3 is 9.59 Å². The van der Waals surface area contributed by atoms with Crippen LogP contribution in [0.25, 0.3) is 0 Å². The molecule has 0 aromatic rings. The first-order valence-electron chi connectivity index (χ1n) is 13.8. The highest BCUT2D eigenvalue weighted by Gasteiger charge is 1.92. The Kier molecular flexibility index (Phi) is 28.2. The molecular formula is C30H52O2. The molecule has 32 heavy (non-hydrogen) atoms. The maximum absolute atomic E-state index is 10.2. The smallest absolute Gasteiger partial charge is 0.119 e. The van der Waals surface area contributed by atoms with Gasteiger partial charge >= 0.3 is 0 Å². The van der Waals surface area contributed by atoms with Gasteiger partial charge in [0.05, 0.1) is 0 Å². The molecule has 0 N–H and O–H groups in total. The van der Waals surface area contributed by atoms with E-state index in [9.17, 15) is 9.59 Å². The first-order chi connectivity index (χ1) is 15.9. The van der Waals surface area contributed by atoms with Gasteiger partial charge in [0.25, 0.3) is 0 Å². The minimum atomic E-state index is 0.737. The van der Waals surface area contributed by atoms with Crippen LogP contribution in [0.3, 0.4) is 0 Å². The highest BCUT2D eigenvalue weighted by Crippen LogP contribution is 2.11. The highest BCUT2D eigenvalue weighted by atomic mass is 16.1. The summed E-state index contributed by atoms with van der Waals surface area (Å²) in [7, 11) is 0. The fourth-order valence-corrected chi connectivity index (χ4v) is 3.86. The lowest BCUT2D eigenvalue weighted by Gasteiger charge is -1.99. The van der Waals surface area contributed by atoms with Gasteiger partial charge in [0, 0.05) is 12.8 Å². The lowest BCUT2D eigenvalue weighted by molar-refractivity contribution is -0.108. The summed E-state index contributed by atoms with van der Waals surface area (Å²) in [6.07, 6.45) is 42.5. The second-order valence-corrected chi connectivity index (χ2v) is 9.05. The van der Waals surface area contributed by atoms with Crippen LogP contribution in [0.2, 0.25) is 0 Å². The van der Waals surface area contributed by atoms with Crippen molar-refractivity contribution in [3.63, 3.8) is 0 Å².